The van der Waals surface area contributed by atoms with Gasteiger partial charge in [-0.2, -0.15) is 0 Å². The summed E-state index contributed by atoms with van der Waals surface area (Å²) in [5, 5.41) is 5.59. The lowest BCUT2D eigenvalue weighted by Gasteiger charge is -2.10. The van der Waals surface area contributed by atoms with E-state index in [1.807, 2.05) is 13.0 Å². The summed E-state index contributed by atoms with van der Waals surface area (Å²) >= 11 is 0. The highest BCUT2D eigenvalue weighted by molar-refractivity contribution is 5.88. The van der Waals surface area contributed by atoms with Crippen molar-refractivity contribution in [1.82, 2.24) is 9.97 Å². The number of hydrogen-bond acceptors (Lipinski definition) is 4. The van der Waals surface area contributed by atoms with E-state index in [0.29, 0.717) is 11.6 Å². The van der Waals surface area contributed by atoms with Crippen LogP contribution in [-0.2, 0) is 0 Å². The van der Waals surface area contributed by atoms with Gasteiger partial charge in [0.1, 0.15) is 0 Å². The Bertz CT molecular complexity index is 556. The van der Waals surface area contributed by atoms with Crippen LogP contribution < -0.4 is 16.4 Å². The first-order chi connectivity index (χ1) is 8.65. The van der Waals surface area contributed by atoms with Crippen LogP contribution in [-0.4, -0.2) is 16.0 Å². The maximum Gasteiger partial charge on any atom is 0.316 e. The summed E-state index contributed by atoms with van der Waals surface area (Å²) in [6.07, 6.45) is 3.30. The molecule has 4 N–H and O–H groups in total. The lowest BCUT2D eigenvalue weighted by atomic mass is 10.2. The van der Waals surface area contributed by atoms with E-state index in [4.69, 9.17) is 5.73 Å². The van der Waals surface area contributed by atoms with E-state index in [-0.39, 0.29) is 0 Å². The number of primary amides is 1. The van der Waals surface area contributed by atoms with Crippen molar-refractivity contribution in [2.75, 3.05) is 10.6 Å². The van der Waals surface area contributed by atoms with Crippen molar-refractivity contribution in [2.24, 2.45) is 5.73 Å². The summed E-state index contributed by atoms with van der Waals surface area (Å²) in [7, 11) is 0. The maximum absolute atomic E-state index is 10.8. The van der Waals surface area contributed by atoms with Gasteiger partial charge in [-0.15, -0.1) is 0 Å². The Balaban J connectivity index is 2.24. The molecule has 2 rings (SSSR count). The van der Waals surface area contributed by atoms with Crippen molar-refractivity contribution in [2.45, 2.75) is 6.92 Å². The summed E-state index contributed by atoms with van der Waals surface area (Å²) in [5.74, 6) is 0.497. The molecular weight excluding hydrogens is 230 g/mol. The topological polar surface area (TPSA) is 92.9 Å². The van der Waals surface area contributed by atoms with E-state index in [0.717, 1.165) is 11.3 Å². The van der Waals surface area contributed by atoms with Crippen molar-refractivity contribution < 1.29 is 4.79 Å². The predicted octanol–water partition coefficient (Wildman–Crippen LogP) is 2.02. The van der Waals surface area contributed by atoms with E-state index >= 15 is 0 Å². The fourth-order valence-electron chi connectivity index (χ4n) is 1.46. The Morgan fingerprint density at radius 2 is 2.00 bits per heavy atom. The number of nitrogens with one attached hydrogen (secondary N) is 2. The number of aromatic nitrogens is 2. The third-order valence-electron chi connectivity index (χ3n) is 2.32. The van der Waals surface area contributed by atoms with Gasteiger partial charge in [0.05, 0.1) is 0 Å². The van der Waals surface area contributed by atoms with Crippen LogP contribution in [0.3, 0.4) is 0 Å². The molecule has 6 heteroatoms. The van der Waals surface area contributed by atoms with Crippen LogP contribution in [0.2, 0.25) is 0 Å². The molecule has 0 atom stereocenters. The average Bonchev–Trinajstić information content (AvgIpc) is 2.34. The number of carbonyl (C=O) groups is 1. The molecular formula is C12H13N5O. The lowest BCUT2D eigenvalue weighted by Crippen LogP contribution is -2.19. The molecule has 92 valence electrons. The number of urea groups is 1. The molecule has 0 aliphatic heterocycles. The number of rotatable bonds is 3. The van der Waals surface area contributed by atoms with Gasteiger partial charge in [0.2, 0.25) is 5.95 Å². The average molecular weight is 243 g/mol. The summed E-state index contributed by atoms with van der Waals surface area (Å²) < 4.78 is 0. The van der Waals surface area contributed by atoms with Gasteiger partial charge in [0, 0.05) is 23.8 Å². The van der Waals surface area contributed by atoms with E-state index < -0.39 is 6.03 Å². The van der Waals surface area contributed by atoms with Crippen LogP contribution in [0.25, 0.3) is 0 Å². The van der Waals surface area contributed by atoms with Crippen LogP contribution >= 0.6 is 0 Å². The highest BCUT2D eigenvalue weighted by Crippen LogP contribution is 2.22. The smallest absolute Gasteiger partial charge is 0.316 e. The van der Waals surface area contributed by atoms with Gasteiger partial charge >= 0.3 is 6.03 Å². The quantitative estimate of drug-likeness (QED) is 0.768. The molecule has 0 spiro atoms. The molecule has 0 fully saturated rings. The van der Waals surface area contributed by atoms with Crippen LogP contribution in [0.4, 0.5) is 22.1 Å². The first-order valence-electron chi connectivity index (χ1n) is 5.36. The van der Waals surface area contributed by atoms with Gasteiger partial charge in [0.25, 0.3) is 0 Å². The minimum Gasteiger partial charge on any atom is -0.351 e. The van der Waals surface area contributed by atoms with Crippen molar-refractivity contribution in [3.63, 3.8) is 0 Å². The number of nitrogens with two attached hydrogens (primary N) is 1. The van der Waals surface area contributed by atoms with Crippen LogP contribution in [0.5, 0.6) is 0 Å². The second-order valence-electron chi connectivity index (χ2n) is 3.72. The minimum absolute atomic E-state index is 0.497. The Kier molecular flexibility index (Phi) is 3.38. The Labute approximate surface area is 104 Å². The lowest BCUT2D eigenvalue weighted by molar-refractivity contribution is 0.259. The molecule has 1 aromatic carbocycles. The largest absolute Gasteiger partial charge is 0.351 e. The number of amides is 2. The molecule has 0 radical (unpaired) electrons. The molecule has 1 aromatic heterocycles. The van der Waals surface area contributed by atoms with Gasteiger partial charge in [-0.1, -0.05) is 6.07 Å². The highest BCUT2D eigenvalue weighted by atomic mass is 16.2. The van der Waals surface area contributed by atoms with Gasteiger partial charge < -0.3 is 16.4 Å². The summed E-state index contributed by atoms with van der Waals surface area (Å²) in [4.78, 5) is 18.9. The molecule has 18 heavy (non-hydrogen) atoms. The number of nitrogens with zero attached hydrogens (tertiary/aromatic N) is 2. The first-order valence-corrected chi connectivity index (χ1v) is 5.36. The van der Waals surface area contributed by atoms with Gasteiger partial charge in [0.15, 0.2) is 0 Å². The fraction of sp³-hybridized carbons (Fsp3) is 0.0833. The molecule has 1 heterocycles. The van der Waals surface area contributed by atoms with Crippen molar-refractivity contribution in [3.8, 4) is 0 Å². The minimum atomic E-state index is -0.597. The predicted molar refractivity (Wildman–Crippen MR) is 69.7 cm³/mol. The molecule has 6 nitrogen and oxygen atoms in total. The zero-order valence-electron chi connectivity index (χ0n) is 9.84. The van der Waals surface area contributed by atoms with Gasteiger partial charge in [-0.25, -0.2) is 14.8 Å². The zero-order valence-corrected chi connectivity index (χ0v) is 9.84. The Hall–Kier alpha value is -2.63. The molecule has 2 aromatic rings. The number of carbonyl (C=O) groups excluding carboxylic acids is 1. The van der Waals surface area contributed by atoms with E-state index in [1.165, 1.54) is 0 Å². The van der Waals surface area contributed by atoms with Crippen LogP contribution in [0.15, 0.2) is 36.7 Å². The molecule has 0 bridgehead atoms. The number of aryl methyl sites for hydroxylation is 1. The third-order valence-corrected chi connectivity index (χ3v) is 2.32. The van der Waals surface area contributed by atoms with Crippen molar-refractivity contribution in [3.05, 3.63) is 42.2 Å². The number of anilines is 3. The monoisotopic (exact) mass is 243 g/mol. The van der Waals surface area contributed by atoms with Crippen molar-refractivity contribution in [1.29, 1.82) is 0 Å². The van der Waals surface area contributed by atoms with Gasteiger partial charge in [-0.05, 0) is 30.7 Å². The van der Waals surface area contributed by atoms with E-state index in [1.54, 1.807) is 30.6 Å². The summed E-state index contributed by atoms with van der Waals surface area (Å²) in [5.41, 5.74) is 7.51. The molecule has 0 saturated carbocycles. The van der Waals surface area contributed by atoms with Crippen molar-refractivity contribution >= 4 is 23.4 Å². The van der Waals surface area contributed by atoms with Gasteiger partial charge in [-0.3, -0.25) is 0 Å². The van der Waals surface area contributed by atoms with E-state index in [9.17, 15) is 4.79 Å². The SMILES string of the molecule is Cc1ccc(NC(N)=O)cc1Nc1ncccn1. The fourth-order valence-corrected chi connectivity index (χ4v) is 1.46. The third kappa shape index (κ3) is 2.94. The van der Waals surface area contributed by atoms with Crippen LogP contribution in [0.1, 0.15) is 5.56 Å². The molecule has 0 unspecified atom stereocenters. The molecule has 2 amide bonds. The maximum atomic E-state index is 10.8. The molecule has 0 saturated heterocycles. The van der Waals surface area contributed by atoms with Crippen LogP contribution in [0, 0.1) is 6.92 Å². The zero-order chi connectivity index (χ0) is 13.0. The Morgan fingerprint density at radius 3 is 2.67 bits per heavy atom. The highest BCUT2D eigenvalue weighted by Gasteiger charge is 2.03. The standard InChI is InChI=1S/C12H13N5O/c1-8-3-4-9(16-11(13)18)7-10(8)17-12-14-5-2-6-15-12/h2-7H,1H3,(H3,13,16,18)(H,14,15,17). The second-order valence-corrected chi connectivity index (χ2v) is 3.72. The normalized spacial score (nSPS) is 9.83. The Morgan fingerprint density at radius 1 is 1.28 bits per heavy atom. The molecule has 0 aliphatic carbocycles. The molecule has 0 aliphatic rings. The van der Waals surface area contributed by atoms with E-state index in [2.05, 4.69) is 20.6 Å². The number of benzene rings is 1. The summed E-state index contributed by atoms with van der Waals surface area (Å²) in [6, 6.07) is 6.56. The summed E-state index contributed by atoms with van der Waals surface area (Å²) in [6.45, 7) is 1.94. The number of hydrogen-bond donors (Lipinski definition) is 3. The first kappa shape index (κ1) is 11.8. The second kappa shape index (κ2) is 5.13.